The Bertz CT molecular complexity index is 558. The van der Waals surface area contributed by atoms with Gasteiger partial charge in [-0.3, -0.25) is 4.98 Å². The highest BCUT2D eigenvalue weighted by Gasteiger charge is 1.99. The summed E-state index contributed by atoms with van der Waals surface area (Å²) >= 11 is 0. The Morgan fingerprint density at radius 2 is 2.28 bits per heavy atom. The van der Waals surface area contributed by atoms with Crippen molar-refractivity contribution < 1.29 is 0 Å². The average molecular weight is 238 g/mol. The Labute approximate surface area is 106 Å². The number of nitrogens with zero attached hydrogens (tertiary/aromatic N) is 3. The molecule has 0 saturated carbocycles. The lowest BCUT2D eigenvalue weighted by atomic mass is 10.2. The lowest BCUT2D eigenvalue weighted by molar-refractivity contribution is 0.989. The van der Waals surface area contributed by atoms with Crippen LogP contribution in [0.1, 0.15) is 16.8 Å². The van der Waals surface area contributed by atoms with E-state index in [-0.39, 0.29) is 0 Å². The van der Waals surface area contributed by atoms with E-state index in [1.807, 2.05) is 25.3 Å². The molecule has 0 radical (unpaired) electrons. The molecule has 2 heterocycles. The normalized spacial score (nSPS) is 9.78. The number of hydrogen-bond donors (Lipinski definition) is 1. The summed E-state index contributed by atoms with van der Waals surface area (Å²) in [6, 6.07) is 9.62. The minimum Gasteiger partial charge on any atom is -0.370 e. The zero-order valence-corrected chi connectivity index (χ0v) is 10.2. The summed E-state index contributed by atoms with van der Waals surface area (Å²) in [4.78, 5) is 8.40. The molecule has 0 aliphatic heterocycles. The number of nitriles is 1. The highest BCUT2D eigenvalue weighted by atomic mass is 15.0. The van der Waals surface area contributed by atoms with Crippen LogP contribution >= 0.6 is 0 Å². The van der Waals surface area contributed by atoms with Crippen LogP contribution in [-0.2, 0) is 6.42 Å². The van der Waals surface area contributed by atoms with Gasteiger partial charge in [-0.15, -0.1) is 0 Å². The van der Waals surface area contributed by atoms with E-state index in [1.54, 1.807) is 18.3 Å². The average Bonchev–Trinajstić information content (AvgIpc) is 2.39. The third-order valence-electron chi connectivity index (χ3n) is 2.53. The number of rotatable bonds is 4. The molecule has 2 aromatic heterocycles. The Hall–Kier alpha value is -2.41. The molecule has 0 unspecified atom stereocenters. The maximum absolute atomic E-state index is 8.88. The molecule has 0 bridgehead atoms. The van der Waals surface area contributed by atoms with Crippen LogP contribution in [0.4, 0.5) is 5.82 Å². The number of aryl methyl sites for hydroxylation is 1. The molecule has 0 aromatic carbocycles. The summed E-state index contributed by atoms with van der Waals surface area (Å²) in [5, 5.41) is 12.1. The van der Waals surface area contributed by atoms with Gasteiger partial charge in [-0.05, 0) is 37.1 Å². The van der Waals surface area contributed by atoms with Crippen molar-refractivity contribution in [3.8, 4) is 6.07 Å². The number of aromatic nitrogens is 2. The van der Waals surface area contributed by atoms with E-state index in [0.29, 0.717) is 5.56 Å². The Balaban J connectivity index is 1.95. The van der Waals surface area contributed by atoms with E-state index < -0.39 is 0 Å². The van der Waals surface area contributed by atoms with Crippen molar-refractivity contribution in [2.24, 2.45) is 0 Å². The number of anilines is 1. The predicted molar refractivity (Wildman–Crippen MR) is 70.1 cm³/mol. The fourth-order valence-corrected chi connectivity index (χ4v) is 1.70. The first-order valence-corrected chi connectivity index (χ1v) is 5.79. The molecule has 0 saturated heterocycles. The summed E-state index contributed by atoms with van der Waals surface area (Å²) in [5.41, 5.74) is 2.66. The van der Waals surface area contributed by atoms with E-state index >= 15 is 0 Å². The highest BCUT2D eigenvalue weighted by molar-refractivity contribution is 5.44. The van der Waals surface area contributed by atoms with Gasteiger partial charge in [-0.2, -0.15) is 5.26 Å². The fraction of sp³-hybridized carbons (Fsp3) is 0.214. The maximum Gasteiger partial charge on any atom is 0.127 e. The van der Waals surface area contributed by atoms with Gasteiger partial charge in [0.25, 0.3) is 0 Å². The molecule has 0 aliphatic carbocycles. The first kappa shape index (κ1) is 12.1. The molecule has 18 heavy (non-hydrogen) atoms. The van der Waals surface area contributed by atoms with Gasteiger partial charge in [0.05, 0.1) is 11.6 Å². The van der Waals surface area contributed by atoms with E-state index in [0.717, 1.165) is 24.5 Å². The third-order valence-corrected chi connectivity index (χ3v) is 2.53. The van der Waals surface area contributed by atoms with Gasteiger partial charge in [0.15, 0.2) is 0 Å². The minimum atomic E-state index is 0.631. The zero-order chi connectivity index (χ0) is 12.8. The van der Waals surface area contributed by atoms with Crippen LogP contribution in [-0.4, -0.2) is 16.5 Å². The van der Waals surface area contributed by atoms with Crippen LogP contribution in [0.25, 0.3) is 0 Å². The standard InChI is InChI=1S/C14H14N4/c1-11-7-13(9-15)8-14(18-11)17-6-4-12-3-2-5-16-10-12/h2-3,5,7-8,10H,4,6H2,1H3,(H,17,18). The van der Waals surface area contributed by atoms with Crippen molar-refractivity contribution in [1.82, 2.24) is 9.97 Å². The number of hydrogen-bond acceptors (Lipinski definition) is 4. The van der Waals surface area contributed by atoms with Crippen LogP contribution in [0.3, 0.4) is 0 Å². The monoisotopic (exact) mass is 238 g/mol. The number of nitrogens with one attached hydrogen (secondary N) is 1. The molecule has 4 nitrogen and oxygen atoms in total. The highest BCUT2D eigenvalue weighted by Crippen LogP contribution is 2.09. The van der Waals surface area contributed by atoms with Crippen molar-refractivity contribution in [1.29, 1.82) is 5.26 Å². The molecule has 90 valence electrons. The summed E-state index contributed by atoms with van der Waals surface area (Å²) in [7, 11) is 0. The van der Waals surface area contributed by atoms with Gasteiger partial charge >= 0.3 is 0 Å². The lowest BCUT2D eigenvalue weighted by Gasteiger charge is -2.06. The first-order valence-electron chi connectivity index (χ1n) is 5.79. The smallest absolute Gasteiger partial charge is 0.127 e. The second-order valence-electron chi connectivity index (χ2n) is 4.03. The summed E-state index contributed by atoms with van der Waals surface area (Å²) in [5.74, 6) is 0.746. The quantitative estimate of drug-likeness (QED) is 0.887. The molecule has 2 rings (SSSR count). The van der Waals surface area contributed by atoms with E-state index in [1.165, 1.54) is 5.56 Å². The van der Waals surface area contributed by atoms with Crippen LogP contribution in [0.2, 0.25) is 0 Å². The fourth-order valence-electron chi connectivity index (χ4n) is 1.70. The molecule has 0 fully saturated rings. The molecule has 0 aliphatic rings. The minimum absolute atomic E-state index is 0.631. The van der Waals surface area contributed by atoms with Crippen molar-refractivity contribution in [3.05, 3.63) is 53.5 Å². The second-order valence-corrected chi connectivity index (χ2v) is 4.03. The Morgan fingerprint density at radius 1 is 1.39 bits per heavy atom. The first-order chi connectivity index (χ1) is 8.78. The SMILES string of the molecule is Cc1cc(C#N)cc(NCCc2cccnc2)n1. The lowest BCUT2D eigenvalue weighted by Crippen LogP contribution is -2.07. The van der Waals surface area contributed by atoms with Gasteiger partial charge in [-0.25, -0.2) is 4.98 Å². The van der Waals surface area contributed by atoms with Crippen molar-refractivity contribution >= 4 is 5.82 Å². The van der Waals surface area contributed by atoms with Crippen LogP contribution in [0.5, 0.6) is 0 Å². The largest absolute Gasteiger partial charge is 0.370 e. The summed E-state index contributed by atoms with van der Waals surface area (Å²) < 4.78 is 0. The molecule has 0 amide bonds. The van der Waals surface area contributed by atoms with Gasteiger partial charge in [0, 0.05) is 24.6 Å². The zero-order valence-electron chi connectivity index (χ0n) is 10.2. The van der Waals surface area contributed by atoms with Gasteiger partial charge in [0.2, 0.25) is 0 Å². The van der Waals surface area contributed by atoms with E-state index in [2.05, 4.69) is 21.4 Å². The second kappa shape index (κ2) is 5.78. The third kappa shape index (κ3) is 3.29. The van der Waals surface area contributed by atoms with Crippen molar-refractivity contribution in [2.75, 3.05) is 11.9 Å². The van der Waals surface area contributed by atoms with Gasteiger partial charge in [-0.1, -0.05) is 6.07 Å². The Morgan fingerprint density at radius 3 is 3.00 bits per heavy atom. The van der Waals surface area contributed by atoms with Crippen LogP contribution in [0, 0.1) is 18.3 Å². The van der Waals surface area contributed by atoms with Crippen molar-refractivity contribution in [2.45, 2.75) is 13.3 Å². The van der Waals surface area contributed by atoms with Crippen LogP contribution < -0.4 is 5.32 Å². The van der Waals surface area contributed by atoms with Gasteiger partial charge in [0.1, 0.15) is 5.82 Å². The molecule has 0 spiro atoms. The van der Waals surface area contributed by atoms with Gasteiger partial charge < -0.3 is 5.32 Å². The molecule has 4 heteroatoms. The Kier molecular flexibility index (Phi) is 3.87. The van der Waals surface area contributed by atoms with Crippen LogP contribution in [0.15, 0.2) is 36.7 Å². The summed E-state index contributed by atoms with van der Waals surface area (Å²) in [6.07, 6.45) is 4.50. The molecular weight excluding hydrogens is 224 g/mol. The molecule has 0 atom stereocenters. The van der Waals surface area contributed by atoms with E-state index in [4.69, 9.17) is 5.26 Å². The predicted octanol–water partition coefficient (Wildman–Crippen LogP) is 2.31. The molecule has 1 N–H and O–H groups in total. The molecule has 2 aromatic rings. The molecular formula is C14H14N4. The maximum atomic E-state index is 8.88. The topological polar surface area (TPSA) is 61.6 Å². The van der Waals surface area contributed by atoms with E-state index in [9.17, 15) is 0 Å². The van der Waals surface area contributed by atoms with Crippen molar-refractivity contribution in [3.63, 3.8) is 0 Å². The number of pyridine rings is 2. The summed E-state index contributed by atoms with van der Waals surface area (Å²) in [6.45, 7) is 2.65.